The monoisotopic (exact) mass is 470 g/mol. The van der Waals surface area contributed by atoms with Crippen molar-refractivity contribution in [2.45, 2.75) is 33.7 Å². The summed E-state index contributed by atoms with van der Waals surface area (Å²) in [5.74, 6) is 0.718. The summed E-state index contributed by atoms with van der Waals surface area (Å²) in [6, 6.07) is 14.4. The number of carbonyl (C=O) groups excluding carboxylic acids is 1. The summed E-state index contributed by atoms with van der Waals surface area (Å²) in [7, 11) is 0. The summed E-state index contributed by atoms with van der Waals surface area (Å²) in [5, 5.41) is 10.2. The number of para-hydroxylation sites is 1. The largest absolute Gasteiger partial charge is 0.493 e. The Hall–Kier alpha value is -3.58. The maximum absolute atomic E-state index is 12.7. The van der Waals surface area contributed by atoms with E-state index in [2.05, 4.69) is 47.8 Å². The third-order valence-corrected chi connectivity index (χ3v) is 6.84. The number of hydrogen-bond acceptors (Lipinski definition) is 4. The van der Waals surface area contributed by atoms with Crippen LogP contribution < -0.4 is 4.74 Å². The summed E-state index contributed by atoms with van der Waals surface area (Å²) in [4.78, 5) is 19.6. The van der Waals surface area contributed by atoms with Gasteiger partial charge in [0.15, 0.2) is 5.17 Å². The molecule has 0 radical (unpaired) electrons. The topological polar surface area (TPSA) is 70.7 Å². The zero-order valence-corrected chi connectivity index (χ0v) is 20.3. The predicted molar refractivity (Wildman–Crippen MR) is 139 cm³/mol. The van der Waals surface area contributed by atoms with E-state index in [1.165, 1.54) is 17.3 Å². The molecule has 0 spiro atoms. The van der Waals surface area contributed by atoms with Crippen molar-refractivity contribution >= 4 is 45.7 Å². The van der Waals surface area contributed by atoms with Gasteiger partial charge in [0.1, 0.15) is 11.6 Å². The standard InChI is InChI=1S/C27H26N4O2S/c1-17-9-10-24(18(2)13-17)33-12-6-11-30-16-20(21-7-4-5-8-23(21)30)14-22-25(28)31-15-19(3)34-27(31)29-26(22)32/h4-5,7-10,13-16,28H,6,11-12H2,1-3H3. The van der Waals surface area contributed by atoms with Gasteiger partial charge in [0, 0.05) is 40.3 Å². The molecule has 7 heteroatoms. The lowest BCUT2D eigenvalue weighted by molar-refractivity contribution is -0.114. The van der Waals surface area contributed by atoms with Gasteiger partial charge in [-0.05, 0) is 51.0 Å². The first-order valence-electron chi connectivity index (χ1n) is 11.3. The number of aliphatic imine (C=N–C) groups is 1. The molecule has 1 aromatic heterocycles. The molecule has 2 aliphatic heterocycles. The smallest absolute Gasteiger partial charge is 0.283 e. The van der Waals surface area contributed by atoms with Crippen LogP contribution in [0.15, 0.2) is 70.3 Å². The molecule has 5 rings (SSSR count). The molecule has 0 aliphatic carbocycles. The molecule has 0 fully saturated rings. The van der Waals surface area contributed by atoms with Gasteiger partial charge in [-0.2, -0.15) is 4.99 Å². The Labute approximate surface area is 203 Å². The van der Waals surface area contributed by atoms with Crippen molar-refractivity contribution in [2.24, 2.45) is 4.99 Å². The number of allylic oxidation sites excluding steroid dienone is 1. The second-order valence-electron chi connectivity index (χ2n) is 8.58. The zero-order valence-electron chi connectivity index (χ0n) is 19.5. The Kier molecular flexibility index (Phi) is 5.87. The molecule has 34 heavy (non-hydrogen) atoms. The fraction of sp³-hybridized carbons (Fsp3) is 0.222. The van der Waals surface area contributed by atoms with Crippen molar-refractivity contribution in [3.63, 3.8) is 0 Å². The lowest BCUT2D eigenvalue weighted by Crippen LogP contribution is -2.35. The minimum atomic E-state index is -0.370. The van der Waals surface area contributed by atoms with E-state index >= 15 is 0 Å². The molecule has 3 aromatic rings. The number of aryl methyl sites for hydroxylation is 3. The van der Waals surface area contributed by atoms with Crippen LogP contribution in [0, 0.1) is 19.3 Å². The summed E-state index contributed by atoms with van der Waals surface area (Å²) in [5.41, 5.74) is 4.67. The second-order valence-corrected chi connectivity index (χ2v) is 9.80. The van der Waals surface area contributed by atoms with E-state index in [9.17, 15) is 4.79 Å². The quantitative estimate of drug-likeness (QED) is 0.360. The van der Waals surface area contributed by atoms with E-state index in [0.717, 1.165) is 45.7 Å². The first-order valence-corrected chi connectivity index (χ1v) is 12.1. The van der Waals surface area contributed by atoms with Crippen molar-refractivity contribution < 1.29 is 9.53 Å². The van der Waals surface area contributed by atoms with Crippen LogP contribution in [0.25, 0.3) is 17.0 Å². The minimum Gasteiger partial charge on any atom is -0.493 e. The van der Waals surface area contributed by atoms with Crippen LogP contribution in [-0.4, -0.2) is 33.0 Å². The van der Waals surface area contributed by atoms with Gasteiger partial charge in [-0.3, -0.25) is 15.1 Å². The number of nitrogens with one attached hydrogen (secondary N) is 1. The van der Waals surface area contributed by atoms with Crippen molar-refractivity contribution in [1.82, 2.24) is 9.47 Å². The van der Waals surface area contributed by atoms with Crippen molar-refractivity contribution in [3.05, 3.63) is 82.0 Å². The van der Waals surface area contributed by atoms with Gasteiger partial charge < -0.3 is 9.30 Å². The van der Waals surface area contributed by atoms with Crippen LogP contribution >= 0.6 is 11.8 Å². The van der Waals surface area contributed by atoms with Crippen molar-refractivity contribution in [2.75, 3.05) is 6.61 Å². The number of benzene rings is 2. The zero-order chi connectivity index (χ0) is 23.8. The maximum atomic E-state index is 12.7. The molecule has 2 aromatic carbocycles. The number of fused-ring (bicyclic) bond motifs is 2. The number of amidine groups is 2. The molecular weight excluding hydrogens is 444 g/mol. The Balaban J connectivity index is 1.37. The van der Waals surface area contributed by atoms with Crippen LogP contribution in [0.5, 0.6) is 5.75 Å². The van der Waals surface area contributed by atoms with Crippen LogP contribution in [-0.2, 0) is 11.3 Å². The van der Waals surface area contributed by atoms with Gasteiger partial charge in [-0.1, -0.05) is 47.7 Å². The van der Waals surface area contributed by atoms with Gasteiger partial charge >= 0.3 is 0 Å². The Morgan fingerprint density at radius 1 is 1.15 bits per heavy atom. The number of ether oxygens (including phenoxy) is 1. The average molecular weight is 471 g/mol. The highest BCUT2D eigenvalue weighted by Crippen LogP contribution is 2.33. The van der Waals surface area contributed by atoms with Crippen LogP contribution in [0.2, 0.25) is 0 Å². The van der Waals surface area contributed by atoms with E-state index in [1.807, 2.05) is 37.4 Å². The third-order valence-electron chi connectivity index (χ3n) is 5.94. The fourth-order valence-corrected chi connectivity index (χ4v) is 5.13. The van der Waals surface area contributed by atoms with Crippen LogP contribution in [0.3, 0.4) is 0 Å². The number of amides is 1. The van der Waals surface area contributed by atoms with Gasteiger partial charge in [0.2, 0.25) is 0 Å². The molecule has 1 amide bonds. The summed E-state index contributed by atoms with van der Waals surface area (Å²) >= 11 is 1.42. The van der Waals surface area contributed by atoms with Gasteiger partial charge in [0.25, 0.3) is 5.91 Å². The molecule has 1 N–H and O–H groups in total. The number of thioether (sulfide) groups is 1. The van der Waals surface area contributed by atoms with E-state index in [1.54, 1.807) is 11.0 Å². The lowest BCUT2D eigenvalue weighted by atomic mass is 10.1. The van der Waals surface area contributed by atoms with Crippen LogP contribution in [0.1, 0.15) is 30.0 Å². The summed E-state index contributed by atoms with van der Waals surface area (Å²) in [6.45, 7) is 7.50. The average Bonchev–Trinajstić information content (AvgIpc) is 3.35. The maximum Gasteiger partial charge on any atom is 0.283 e. The molecule has 0 unspecified atom stereocenters. The second kappa shape index (κ2) is 8.99. The molecule has 6 nitrogen and oxygen atoms in total. The summed E-state index contributed by atoms with van der Waals surface area (Å²) in [6.07, 6.45) is 6.54. The molecule has 2 aliphatic rings. The van der Waals surface area contributed by atoms with E-state index < -0.39 is 0 Å². The van der Waals surface area contributed by atoms with Gasteiger partial charge in [0.05, 0.1) is 12.2 Å². The Bertz CT molecular complexity index is 1410. The van der Waals surface area contributed by atoms with Crippen molar-refractivity contribution in [1.29, 1.82) is 5.41 Å². The van der Waals surface area contributed by atoms with Gasteiger partial charge in [-0.15, -0.1) is 0 Å². The first-order chi connectivity index (χ1) is 16.4. The fourth-order valence-electron chi connectivity index (χ4n) is 4.31. The third kappa shape index (κ3) is 4.19. The highest BCUT2D eigenvalue weighted by atomic mass is 32.2. The van der Waals surface area contributed by atoms with Gasteiger partial charge in [-0.25, -0.2) is 0 Å². The van der Waals surface area contributed by atoms with Crippen molar-refractivity contribution in [3.8, 4) is 5.75 Å². The minimum absolute atomic E-state index is 0.165. The molecule has 172 valence electrons. The lowest BCUT2D eigenvalue weighted by Gasteiger charge is -2.22. The molecular formula is C27H26N4O2S. The first kappa shape index (κ1) is 22.2. The SMILES string of the molecule is CC1=CN2C(=N)C(=Cc3cn(CCCOc4ccc(C)cc4C)c4ccccc34)C(=O)N=C2S1. The van der Waals surface area contributed by atoms with E-state index in [-0.39, 0.29) is 11.7 Å². The van der Waals surface area contributed by atoms with E-state index in [0.29, 0.717) is 17.3 Å². The molecule has 0 bridgehead atoms. The predicted octanol–water partition coefficient (Wildman–Crippen LogP) is 5.89. The molecule has 0 atom stereocenters. The van der Waals surface area contributed by atoms with Crippen LogP contribution in [0.4, 0.5) is 0 Å². The Morgan fingerprint density at radius 2 is 1.97 bits per heavy atom. The molecule has 0 saturated carbocycles. The summed E-state index contributed by atoms with van der Waals surface area (Å²) < 4.78 is 8.19. The number of nitrogens with zero attached hydrogens (tertiary/aromatic N) is 3. The Morgan fingerprint density at radius 3 is 2.79 bits per heavy atom. The van der Waals surface area contributed by atoms with E-state index in [4.69, 9.17) is 10.1 Å². The normalized spacial score (nSPS) is 16.8. The number of carbonyl (C=O) groups is 1. The molecule has 0 saturated heterocycles. The molecule has 3 heterocycles. The number of hydrogen-bond donors (Lipinski definition) is 1. The highest BCUT2D eigenvalue weighted by molar-refractivity contribution is 8.17. The number of rotatable bonds is 6. The highest BCUT2D eigenvalue weighted by Gasteiger charge is 2.33. The number of aromatic nitrogens is 1.